The van der Waals surface area contributed by atoms with Crippen molar-refractivity contribution in [3.05, 3.63) is 42.5 Å². The Morgan fingerprint density at radius 1 is 1.22 bits per heavy atom. The lowest BCUT2D eigenvalue weighted by molar-refractivity contribution is -0.0301. The lowest BCUT2D eigenvalue weighted by Gasteiger charge is -2.33. The van der Waals surface area contributed by atoms with Crippen LogP contribution in [0.5, 0.6) is 0 Å². The normalized spacial score (nSPS) is 22.3. The second-order valence-electron chi connectivity index (χ2n) is 6.36. The zero-order chi connectivity index (χ0) is 15.5. The van der Waals surface area contributed by atoms with Crippen LogP contribution in [0.3, 0.4) is 0 Å². The molecule has 2 aromatic rings. The van der Waals surface area contributed by atoms with E-state index in [1.54, 1.807) is 17.3 Å². The van der Waals surface area contributed by atoms with E-state index >= 15 is 0 Å². The van der Waals surface area contributed by atoms with Crippen LogP contribution in [-0.2, 0) is 11.3 Å². The summed E-state index contributed by atoms with van der Waals surface area (Å²) in [4.78, 5) is 6.55. The molecule has 0 amide bonds. The molecule has 23 heavy (non-hydrogen) atoms. The molecule has 0 spiro atoms. The second-order valence-corrected chi connectivity index (χ2v) is 6.36. The monoisotopic (exact) mass is 313 g/mol. The highest BCUT2D eigenvalue weighted by Crippen LogP contribution is 2.28. The van der Waals surface area contributed by atoms with Crippen molar-refractivity contribution in [2.75, 3.05) is 26.2 Å². The van der Waals surface area contributed by atoms with E-state index in [0.29, 0.717) is 6.10 Å². The van der Waals surface area contributed by atoms with Crippen molar-refractivity contribution in [1.82, 2.24) is 25.0 Å². The first-order valence-electron chi connectivity index (χ1n) is 8.39. The van der Waals surface area contributed by atoms with Crippen LogP contribution in [0.25, 0.3) is 5.69 Å². The van der Waals surface area contributed by atoms with Gasteiger partial charge in [-0.05, 0) is 30.5 Å². The quantitative estimate of drug-likeness (QED) is 0.869. The number of rotatable bonds is 6. The minimum absolute atomic E-state index is 0.318. The lowest BCUT2D eigenvalue weighted by Crippen LogP contribution is -2.47. The molecule has 6 heteroatoms. The molecule has 2 fully saturated rings. The van der Waals surface area contributed by atoms with Gasteiger partial charge in [0.15, 0.2) is 0 Å². The summed E-state index contributed by atoms with van der Waals surface area (Å²) in [5, 5.41) is 7.65. The van der Waals surface area contributed by atoms with Gasteiger partial charge in [0.25, 0.3) is 0 Å². The van der Waals surface area contributed by atoms with Gasteiger partial charge in [-0.1, -0.05) is 12.1 Å². The maximum Gasteiger partial charge on any atom is 0.138 e. The molecule has 1 saturated carbocycles. The molecule has 6 nitrogen and oxygen atoms in total. The molecule has 2 aliphatic rings. The number of nitrogens with zero attached hydrogens (tertiary/aromatic N) is 4. The molecule has 0 radical (unpaired) electrons. The molecule has 122 valence electrons. The molecule has 1 aromatic carbocycles. The highest BCUT2D eigenvalue weighted by molar-refractivity contribution is 5.33. The third-order valence-electron chi connectivity index (χ3n) is 4.55. The maximum absolute atomic E-state index is 5.87. The zero-order valence-corrected chi connectivity index (χ0v) is 13.3. The van der Waals surface area contributed by atoms with Crippen molar-refractivity contribution in [3.8, 4) is 5.69 Å². The average Bonchev–Trinajstić information content (AvgIpc) is 3.31. The molecular formula is C17H23N5O. The van der Waals surface area contributed by atoms with Gasteiger partial charge in [0.05, 0.1) is 18.4 Å². The molecule has 1 saturated heterocycles. The standard InChI is InChI=1S/C17H23N5O/c1-3-16(22-13-19-12-20-22)4-2-14(1)9-18-10-17-11-21(7-8-23-17)15-5-6-15/h1-4,12-13,15,17-18H,5-11H2/t17-/m0/s1. The molecule has 2 heterocycles. The first-order chi connectivity index (χ1) is 11.4. The molecule has 1 N–H and O–H groups in total. The molecule has 1 atom stereocenters. The Labute approximate surface area is 136 Å². The van der Waals surface area contributed by atoms with Crippen LogP contribution in [0.15, 0.2) is 36.9 Å². The summed E-state index contributed by atoms with van der Waals surface area (Å²) in [5.74, 6) is 0. The van der Waals surface area contributed by atoms with E-state index in [1.165, 1.54) is 18.4 Å². The molecule has 0 bridgehead atoms. The number of morpholine rings is 1. The van der Waals surface area contributed by atoms with Crippen molar-refractivity contribution in [1.29, 1.82) is 0 Å². The van der Waals surface area contributed by atoms with Crippen LogP contribution in [0, 0.1) is 0 Å². The van der Waals surface area contributed by atoms with Crippen LogP contribution in [0.4, 0.5) is 0 Å². The Balaban J connectivity index is 1.24. The van der Waals surface area contributed by atoms with E-state index in [0.717, 1.165) is 44.5 Å². The van der Waals surface area contributed by atoms with Gasteiger partial charge in [-0.2, -0.15) is 5.10 Å². The zero-order valence-electron chi connectivity index (χ0n) is 13.3. The topological polar surface area (TPSA) is 55.2 Å². The van der Waals surface area contributed by atoms with E-state index in [-0.39, 0.29) is 0 Å². The summed E-state index contributed by atoms with van der Waals surface area (Å²) in [5.41, 5.74) is 2.30. The van der Waals surface area contributed by atoms with Gasteiger partial charge in [0.1, 0.15) is 12.7 Å². The van der Waals surface area contributed by atoms with E-state index in [4.69, 9.17) is 4.74 Å². The average molecular weight is 313 g/mol. The molecule has 1 aliphatic carbocycles. The van der Waals surface area contributed by atoms with E-state index < -0.39 is 0 Å². The van der Waals surface area contributed by atoms with Gasteiger partial charge in [0, 0.05) is 32.2 Å². The predicted molar refractivity (Wildman–Crippen MR) is 87.4 cm³/mol. The van der Waals surface area contributed by atoms with Gasteiger partial charge in [-0.25, -0.2) is 9.67 Å². The summed E-state index contributed by atoms with van der Waals surface area (Å²) in [7, 11) is 0. The molecule has 0 unspecified atom stereocenters. The van der Waals surface area contributed by atoms with Gasteiger partial charge in [-0.15, -0.1) is 0 Å². The number of ether oxygens (including phenoxy) is 1. The van der Waals surface area contributed by atoms with Crippen molar-refractivity contribution in [2.24, 2.45) is 0 Å². The first kappa shape index (κ1) is 14.8. The summed E-state index contributed by atoms with van der Waals surface area (Å²) in [6.45, 7) is 4.82. The number of nitrogens with one attached hydrogen (secondary N) is 1. The van der Waals surface area contributed by atoms with Crippen molar-refractivity contribution in [2.45, 2.75) is 31.5 Å². The summed E-state index contributed by atoms with van der Waals surface area (Å²) >= 11 is 0. The number of benzene rings is 1. The first-order valence-corrected chi connectivity index (χ1v) is 8.39. The maximum atomic E-state index is 5.87. The minimum Gasteiger partial charge on any atom is -0.374 e. The number of hydrogen-bond acceptors (Lipinski definition) is 5. The largest absolute Gasteiger partial charge is 0.374 e. The van der Waals surface area contributed by atoms with E-state index in [9.17, 15) is 0 Å². The van der Waals surface area contributed by atoms with E-state index in [2.05, 4.69) is 44.6 Å². The third kappa shape index (κ3) is 3.77. The Bertz CT molecular complexity index is 608. The molecule has 1 aliphatic heterocycles. The summed E-state index contributed by atoms with van der Waals surface area (Å²) < 4.78 is 7.63. The van der Waals surface area contributed by atoms with Gasteiger partial charge in [-0.3, -0.25) is 4.90 Å². The highest BCUT2D eigenvalue weighted by Gasteiger charge is 2.32. The number of hydrogen-bond donors (Lipinski definition) is 1. The van der Waals surface area contributed by atoms with Crippen molar-refractivity contribution >= 4 is 0 Å². The van der Waals surface area contributed by atoms with Crippen LogP contribution in [-0.4, -0.2) is 58.1 Å². The summed E-state index contributed by atoms with van der Waals surface area (Å²) in [6, 6.07) is 9.23. The smallest absolute Gasteiger partial charge is 0.138 e. The van der Waals surface area contributed by atoms with Gasteiger partial charge >= 0.3 is 0 Å². The van der Waals surface area contributed by atoms with Gasteiger partial charge in [0.2, 0.25) is 0 Å². The Hall–Kier alpha value is -1.76. The van der Waals surface area contributed by atoms with Crippen molar-refractivity contribution in [3.63, 3.8) is 0 Å². The van der Waals surface area contributed by atoms with Crippen LogP contribution in [0.1, 0.15) is 18.4 Å². The molecule has 1 aromatic heterocycles. The fourth-order valence-corrected chi connectivity index (χ4v) is 3.12. The van der Waals surface area contributed by atoms with Gasteiger partial charge < -0.3 is 10.1 Å². The fraction of sp³-hybridized carbons (Fsp3) is 0.529. The fourth-order valence-electron chi connectivity index (χ4n) is 3.12. The molecular weight excluding hydrogens is 290 g/mol. The Kier molecular flexibility index (Phi) is 4.37. The van der Waals surface area contributed by atoms with Crippen molar-refractivity contribution < 1.29 is 4.74 Å². The summed E-state index contributed by atoms with van der Waals surface area (Å²) in [6.07, 6.45) is 6.32. The van der Waals surface area contributed by atoms with Crippen LogP contribution < -0.4 is 5.32 Å². The Morgan fingerprint density at radius 2 is 2.09 bits per heavy atom. The Morgan fingerprint density at radius 3 is 2.83 bits per heavy atom. The highest BCUT2D eigenvalue weighted by atomic mass is 16.5. The van der Waals surface area contributed by atoms with Crippen LogP contribution in [0.2, 0.25) is 0 Å². The SMILES string of the molecule is c1ncn(-c2ccc(CNC[C@H]3CN(C4CC4)CCO3)cc2)n1. The predicted octanol–water partition coefficient (Wildman–Crippen LogP) is 1.22. The minimum atomic E-state index is 0.318. The van der Waals surface area contributed by atoms with Crippen LogP contribution >= 0.6 is 0 Å². The number of aromatic nitrogens is 3. The molecule has 4 rings (SSSR count). The third-order valence-corrected chi connectivity index (χ3v) is 4.55. The second kappa shape index (κ2) is 6.78. The lowest BCUT2D eigenvalue weighted by atomic mass is 10.2. The van der Waals surface area contributed by atoms with E-state index in [1.807, 2.05) is 0 Å².